The van der Waals surface area contributed by atoms with Gasteiger partial charge < -0.3 is 16.0 Å². The van der Waals surface area contributed by atoms with Gasteiger partial charge in [0.25, 0.3) is 5.91 Å². The maximum atomic E-state index is 12.7. The molecule has 0 radical (unpaired) electrons. The summed E-state index contributed by atoms with van der Waals surface area (Å²) in [5.74, 6) is -0.253. The second-order valence-electron chi connectivity index (χ2n) is 8.49. The number of carbonyl (C=O) groups is 2. The summed E-state index contributed by atoms with van der Waals surface area (Å²) in [6, 6.07) is 25.7. The fraction of sp³-hybridized carbons (Fsp3) is 0.259. The van der Waals surface area contributed by atoms with Crippen LogP contribution in [0.25, 0.3) is 0 Å². The van der Waals surface area contributed by atoms with Gasteiger partial charge in [-0.15, -0.1) is 0 Å². The number of anilines is 1. The molecule has 3 aromatic rings. The Bertz CT molecular complexity index is 1070. The summed E-state index contributed by atoms with van der Waals surface area (Å²) in [6.45, 7) is 3.24. The number of benzene rings is 3. The molecule has 5 heteroatoms. The van der Waals surface area contributed by atoms with Crippen LogP contribution in [0.3, 0.4) is 0 Å². The molecule has 0 unspecified atom stereocenters. The summed E-state index contributed by atoms with van der Waals surface area (Å²) >= 11 is 0. The lowest BCUT2D eigenvalue weighted by atomic mass is 9.96. The van der Waals surface area contributed by atoms with Gasteiger partial charge in [0, 0.05) is 24.2 Å². The third-order valence-electron chi connectivity index (χ3n) is 6.05. The van der Waals surface area contributed by atoms with Gasteiger partial charge >= 0.3 is 0 Å². The van der Waals surface area contributed by atoms with E-state index in [1.165, 1.54) is 11.1 Å². The summed E-state index contributed by atoms with van der Waals surface area (Å²) in [5, 5.41) is 9.13. The van der Waals surface area contributed by atoms with Crippen molar-refractivity contribution in [3.05, 3.63) is 101 Å². The number of rotatable bonds is 9. The van der Waals surface area contributed by atoms with Crippen LogP contribution in [0.2, 0.25) is 0 Å². The molecule has 32 heavy (non-hydrogen) atoms. The van der Waals surface area contributed by atoms with Gasteiger partial charge in [-0.3, -0.25) is 9.59 Å². The molecular formula is C27H29N3O2. The van der Waals surface area contributed by atoms with E-state index in [-0.39, 0.29) is 23.8 Å². The van der Waals surface area contributed by atoms with E-state index in [4.69, 9.17) is 0 Å². The molecule has 0 bridgehead atoms. The smallest absolute Gasteiger partial charge is 0.253 e. The van der Waals surface area contributed by atoms with Crippen LogP contribution in [0, 0.1) is 6.92 Å². The number of hydrogen-bond donors (Lipinski definition) is 3. The van der Waals surface area contributed by atoms with Gasteiger partial charge in [-0.2, -0.15) is 0 Å². The second-order valence-corrected chi connectivity index (χ2v) is 8.49. The maximum Gasteiger partial charge on any atom is 0.253 e. The molecule has 3 N–H and O–H groups in total. The maximum absolute atomic E-state index is 12.7. The van der Waals surface area contributed by atoms with E-state index in [0.717, 1.165) is 18.4 Å². The highest BCUT2D eigenvalue weighted by Gasteiger charge is 2.44. The normalized spacial score (nSPS) is 13.8. The van der Waals surface area contributed by atoms with Gasteiger partial charge in [-0.1, -0.05) is 72.3 Å². The molecule has 5 nitrogen and oxygen atoms in total. The van der Waals surface area contributed by atoms with Crippen molar-refractivity contribution >= 4 is 17.5 Å². The fourth-order valence-corrected chi connectivity index (χ4v) is 3.83. The number of carbonyl (C=O) groups excluding carboxylic acids is 2. The predicted octanol–water partition coefficient (Wildman–Crippen LogP) is 4.18. The Kier molecular flexibility index (Phi) is 6.55. The van der Waals surface area contributed by atoms with Crippen LogP contribution in [0.15, 0.2) is 78.9 Å². The van der Waals surface area contributed by atoms with E-state index in [0.29, 0.717) is 24.3 Å². The minimum atomic E-state index is -0.171. The molecule has 0 heterocycles. The Morgan fingerprint density at radius 1 is 0.844 bits per heavy atom. The molecular weight excluding hydrogens is 398 g/mol. The number of nitrogens with one attached hydrogen (secondary N) is 3. The average molecular weight is 428 g/mol. The third kappa shape index (κ3) is 5.35. The average Bonchev–Trinajstić information content (AvgIpc) is 3.63. The van der Waals surface area contributed by atoms with Crippen LogP contribution in [-0.2, 0) is 16.8 Å². The molecule has 0 atom stereocenters. The zero-order valence-corrected chi connectivity index (χ0v) is 18.4. The summed E-state index contributed by atoms with van der Waals surface area (Å²) in [5.41, 5.74) is 4.75. The van der Waals surface area contributed by atoms with Gasteiger partial charge in [0.05, 0.1) is 12.1 Å². The van der Waals surface area contributed by atoms with Gasteiger partial charge in [0.1, 0.15) is 0 Å². The second kappa shape index (κ2) is 9.69. The van der Waals surface area contributed by atoms with Gasteiger partial charge in [-0.25, -0.2) is 0 Å². The standard InChI is InChI=1S/C27H29N3O2/c1-20-11-13-21(14-12-20)17-29-26(32)23-9-5-6-10-24(23)28-18-25(31)30-19-27(15-16-27)22-7-3-2-4-8-22/h2-14,28H,15-19H2,1H3,(H,29,32)(H,30,31). The highest BCUT2D eigenvalue weighted by atomic mass is 16.2. The van der Waals surface area contributed by atoms with Crippen molar-refractivity contribution in [1.82, 2.24) is 10.6 Å². The van der Waals surface area contributed by atoms with Crippen LogP contribution in [0.1, 0.15) is 39.9 Å². The highest BCUT2D eigenvalue weighted by molar-refractivity contribution is 6.00. The highest BCUT2D eigenvalue weighted by Crippen LogP contribution is 2.47. The molecule has 1 aliphatic rings. The van der Waals surface area contributed by atoms with Gasteiger partial charge in [-0.05, 0) is 43.0 Å². The lowest BCUT2D eigenvalue weighted by Crippen LogP contribution is -2.36. The van der Waals surface area contributed by atoms with E-state index in [1.54, 1.807) is 6.07 Å². The topological polar surface area (TPSA) is 70.2 Å². The first kappa shape index (κ1) is 21.6. The third-order valence-corrected chi connectivity index (χ3v) is 6.05. The van der Waals surface area contributed by atoms with Crippen molar-refractivity contribution in [1.29, 1.82) is 0 Å². The Morgan fingerprint density at radius 3 is 2.25 bits per heavy atom. The molecule has 1 fully saturated rings. The van der Waals surface area contributed by atoms with E-state index in [9.17, 15) is 9.59 Å². The quantitative estimate of drug-likeness (QED) is 0.480. The molecule has 0 aliphatic heterocycles. The summed E-state index contributed by atoms with van der Waals surface area (Å²) in [4.78, 5) is 25.2. The van der Waals surface area contributed by atoms with Crippen molar-refractivity contribution in [2.75, 3.05) is 18.4 Å². The molecule has 0 aromatic heterocycles. The summed E-state index contributed by atoms with van der Waals surface area (Å²) in [6.07, 6.45) is 2.18. The van der Waals surface area contributed by atoms with Crippen LogP contribution in [0.5, 0.6) is 0 Å². The zero-order valence-electron chi connectivity index (χ0n) is 18.4. The first-order valence-electron chi connectivity index (χ1n) is 11.0. The SMILES string of the molecule is Cc1ccc(CNC(=O)c2ccccc2NCC(=O)NCC2(c3ccccc3)CC2)cc1. The molecule has 3 aromatic carbocycles. The van der Waals surface area contributed by atoms with Crippen molar-refractivity contribution in [2.24, 2.45) is 0 Å². The molecule has 1 saturated carbocycles. The van der Waals surface area contributed by atoms with E-state index in [1.807, 2.05) is 67.6 Å². The molecule has 0 saturated heterocycles. The molecule has 1 aliphatic carbocycles. The van der Waals surface area contributed by atoms with Gasteiger partial charge in [0.15, 0.2) is 0 Å². The first-order chi connectivity index (χ1) is 15.6. The lowest BCUT2D eigenvalue weighted by molar-refractivity contribution is -0.119. The number of aryl methyl sites for hydroxylation is 1. The molecule has 2 amide bonds. The van der Waals surface area contributed by atoms with Crippen molar-refractivity contribution in [3.8, 4) is 0 Å². The van der Waals surface area contributed by atoms with E-state index >= 15 is 0 Å². The van der Waals surface area contributed by atoms with E-state index in [2.05, 4.69) is 28.1 Å². The number of para-hydroxylation sites is 1. The van der Waals surface area contributed by atoms with E-state index < -0.39 is 0 Å². The number of amides is 2. The minimum Gasteiger partial charge on any atom is -0.376 e. The van der Waals surface area contributed by atoms with Crippen LogP contribution < -0.4 is 16.0 Å². The fourth-order valence-electron chi connectivity index (χ4n) is 3.83. The Balaban J connectivity index is 1.29. The Labute approximate surface area is 189 Å². The van der Waals surface area contributed by atoms with Crippen molar-refractivity contribution < 1.29 is 9.59 Å². The zero-order chi connectivity index (χ0) is 22.4. The van der Waals surface area contributed by atoms with Crippen molar-refractivity contribution in [3.63, 3.8) is 0 Å². The predicted molar refractivity (Wildman–Crippen MR) is 128 cm³/mol. The lowest BCUT2D eigenvalue weighted by Gasteiger charge is -2.17. The van der Waals surface area contributed by atoms with Crippen LogP contribution in [0.4, 0.5) is 5.69 Å². The van der Waals surface area contributed by atoms with Crippen LogP contribution in [-0.4, -0.2) is 24.9 Å². The number of hydrogen-bond acceptors (Lipinski definition) is 3. The molecule has 4 rings (SSSR count). The van der Waals surface area contributed by atoms with Gasteiger partial charge in [0.2, 0.25) is 5.91 Å². The molecule has 164 valence electrons. The largest absolute Gasteiger partial charge is 0.376 e. The summed E-state index contributed by atoms with van der Waals surface area (Å²) in [7, 11) is 0. The first-order valence-corrected chi connectivity index (χ1v) is 11.0. The van der Waals surface area contributed by atoms with Crippen molar-refractivity contribution in [2.45, 2.75) is 31.7 Å². The Hall–Kier alpha value is -3.60. The Morgan fingerprint density at radius 2 is 1.53 bits per heavy atom. The molecule has 0 spiro atoms. The monoisotopic (exact) mass is 427 g/mol. The van der Waals surface area contributed by atoms with Crippen LogP contribution >= 0.6 is 0 Å². The minimum absolute atomic E-state index is 0.0741. The summed E-state index contributed by atoms with van der Waals surface area (Å²) < 4.78 is 0.